The topological polar surface area (TPSA) is 37.3 Å². The Morgan fingerprint density at radius 1 is 1.16 bits per heavy atom. The fraction of sp³-hybridized carbons (Fsp3) is 0.800. The first-order chi connectivity index (χ1) is 8.70. The van der Waals surface area contributed by atoms with E-state index in [2.05, 4.69) is 0 Å². The first-order valence-electron chi connectivity index (χ1n) is 7.02. The van der Waals surface area contributed by atoms with Gasteiger partial charge in [-0.25, -0.2) is 8.78 Å². The number of aliphatic hydroxyl groups is 1. The lowest BCUT2D eigenvalue weighted by Crippen LogP contribution is -2.40. The van der Waals surface area contributed by atoms with Crippen LogP contribution in [0.4, 0.5) is 8.78 Å². The van der Waals surface area contributed by atoms with Gasteiger partial charge >= 0.3 is 0 Å². The highest BCUT2D eigenvalue weighted by molar-refractivity contribution is 5.92. The monoisotopic (exact) mass is 276 g/mol. The summed E-state index contributed by atoms with van der Waals surface area (Å²) < 4.78 is 27.6. The molecular formula is C15H26F2O2. The van der Waals surface area contributed by atoms with Crippen LogP contribution in [0.25, 0.3) is 0 Å². The van der Waals surface area contributed by atoms with Crippen molar-refractivity contribution in [3.63, 3.8) is 0 Å². The Hall–Kier alpha value is -0.930. The van der Waals surface area contributed by atoms with Gasteiger partial charge < -0.3 is 5.11 Å². The van der Waals surface area contributed by atoms with E-state index in [0.29, 0.717) is 12.8 Å². The molecule has 19 heavy (non-hydrogen) atoms. The van der Waals surface area contributed by atoms with E-state index in [4.69, 9.17) is 0 Å². The predicted octanol–water partition coefficient (Wildman–Crippen LogP) is 4.90. The fourth-order valence-corrected chi connectivity index (χ4v) is 2.54. The van der Waals surface area contributed by atoms with Gasteiger partial charge in [0.25, 0.3) is 5.92 Å². The highest BCUT2D eigenvalue weighted by Crippen LogP contribution is 2.47. The molecule has 0 aliphatic rings. The molecule has 0 rings (SSSR count). The van der Waals surface area contributed by atoms with E-state index in [0.717, 1.165) is 13.0 Å². The zero-order valence-electron chi connectivity index (χ0n) is 12.6. The van der Waals surface area contributed by atoms with E-state index < -0.39 is 17.1 Å². The Bertz CT molecular complexity index is 322. The molecule has 0 bridgehead atoms. The van der Waals surface area contributed by atoms with Crippen molar-refractivity contribution in [1.29, 1.82) is 0 Å². The fourth-order valence-electron chi connectivity index (χ4n) is 2.54. The molecule has 0 spiro atoms. The summed E-state index contributed by atoms with van der Waals surface area (Å²) in [5.41, 5.74) is -1.64. The van der Waals surface area contributed by atoms with Crippen LogP contribution in [-0.4, -0.2) is 16.8 Å². The van der Waals surface area contributed by atoms with Crippen LogP contribution in [0.3, 0.4) is 0 Å². The van der Waals surface area contributed by atoms with Crippen LogP contribution in [0.2, 0.25) is 0 Å². The van der Waals surface area contributed by atoms with E-state index in [1.807, 2.05) is 13.8 Å². The summed E-state index contributed by atoms with van der Waals surface area (Å²) in [7, 11) is 0. The number of aliphatic hydroxyl groups excluding tert-OH is 1. The first kappa shape index (κ1) is 18.1. The molecule has 0 amide bonds. The predicted molar refractivity (Wildman–Crippen MR) is 73.4 cm³/mol. The molecule has 0 aliphatic carbocycles. The van der Waals surface area contributed by atoms with Gasteiger partial charge in [-0.15, -0.1) is 0 Å². The van der Waals surface area contributed by atoms with Crippen LogP contribution in [0.5, 0.6) is 0 Å². The van der Waals surface area contributed by atoms with E-state index in [-0.39, 0.29) is 24.5 Å². The summed E-state index contributed by atoms with van der Waals surface area (Å²) in [5.74, 6) is -4.02. The Morgan fingerprint density at radius 2 is 1.58 bits per heavy atom. The second-order valence-electron chi connectivity index (χ2n) is 5.12. The van der Waals surface area contributed by atoms with Crippen molar-refractivity contribution < 1.29 is 18.7 Å². The normalized spacial score (nSPS) is 14.0. The van der Waals surface area contributed by atoms with Crippen LogP contribution in [0.15, 0.2) is 11.8 Å². The molecule has 0 saturated heterocycles. The molecule has 0 fully saturated rings. The largest absolute Gasteiger partial charge is 0.511 e. The Kier molecular flexibility index (Phi) is 6.67. The second-order valence-corrected chi connectivity index (χ2v) is 5.12. The van der Waals surface area contributed by atoms with Crippen molar-refractivity contribution in [3.05, 3.63) is 11.8 Å². The molecule has 2 nitrogen and oxygen atoms in total. The lowest BCUT2D eigenvalue weighted by Gasteiger charge is -2.36. The number of hydrogen-bond acceptors (Lipinski definition) is 2. The Morgan fingerprint density at radius 3 is 1.84 bits per heavy atom. The minimum atomic E-state index is -3.06. The van der Waals surface area contributed by atoms with Gasteiger partial charge in [-0.3, -0.25) is 4.79 Å². The lowest BCUT2D eigenvalue weighted by atomic mass is 9.74. The van der Waals surface area contributed by atoms with Crippen molar-refractivity contribution in [2.24, 2.45) is 11.3 Å². The van der Waals surface area contributed by atoms with Crippen molar-refractivity contribution >= 4 is 5.78 Å². The minimum absolute atomic E-state index is 0.0888. The maximum atomic E-state index is 13.8. The molecule has 0 aromatic carbocycles. The number of carbonyl (C=O) groups excluding carboxylic acids is 1. The highest BCUT2D eigenvalue weighted by atomic mass is 19.3. The lowest BCUT2D eigenvalue weighted by molar-refractivity contribution is -0.120. The first-order valence-corrected chi connectivity index (χ1v) is 7.02. The zero-order valence-corrected chi connectivity index (χ0v) is 12.6. The molecule has 0 heterocycles. The third-order valence-corrected chi connectivity index (χ3v) is 4.20. The third kappa shape index (κ3) is 3.77. The summed E-state index contributed by atoms with van der Waals surface area (Å²) in [5, 5.41) is 10.1. The molecule has 0 saturated carbocycles. The van der Waals surface area contributed by atoms with Crippen LogP contribution >= 0.6 is 0 Å². The van der Waals surface area contributed by atoms with E-state index in [1.165, 1.54) is 0 Å². The average molecular weight is 276 g/mol. The van der Waals surface area contributed by atoms with Gasteiger partial charge in [0.1, 0.15) is 5.76 Å². The molecule has 112 valence electrons. The average Bonchev–Trinajstić information content (AvgIpc) is 2.30. The maximum absolute atomic E-state index is 13.8. The summed E-state index contributed by atoms with van der Waals surface area (Å²) in [4.78, 5) is 11.9. The third-order valence-electron chi connectivity index (χ3n) is 4.20. The summed E-state index contributed by atoms with van der Waals surface area (Å²) in [6.07, 6.45) is 2.49. The van der Waals surface area contributed by atoms with E-state index >= 15 is 0 Å². The number of rotatable bonds is 8. The summed E-state index contributed by atoms with van der Waals surface area (Å²) in [6, 6.07) is 0. The molecule has 0 radical (unpaired) electrons. The Balaban J connectivity index is 5.44. The van der Waals surface area contributed by atoms with Gasteiger partial charge in [0.15, 0.2) is 5.78 Å². The van der Waals surface area contributed by atoms with Gasteiger partial charge in [0.2, 0.25) is 0 Å². The van der Waals surface area contributed by atoms with Crippen LogP contribution < -0.4 is 0 Å². The van der Waals surface area contributed by atoms with Crippen LogP contribution in [0.1, 0.15) is 60.3 Å². The molecule has 1 N–H and O–H groups in total. The van der Waals surface area contributed by atoms with Gasteiger partial charge in [-0.2, -0.15) is 0 Å². The quantitative estimate of drug-likeness (QED) is 0.506. The highest BCUT2D eigenvalue weighted by Gasteiger charge is 2.50. The number of ketones is 1. The molecule has 0 aliphatic heterocycles. The second kappa shape index (κ2) is 7.01. The van der Waals surface area contributed by atoms with Gasteiger partial charge in [-0.1, -0.05) is 27.7 Å². The Labute approximate surface area is 114 Å². The van der Waals surface area contributed by atoms with E-state index in [1.54, 1.807) is 13.8 Å². The van der Waals surface area contributed by atoms with Crippen molar-refractivity contribution in [1.82, 2.24) is 0 Å². The number of halogens is 2. The zero-order chi connectivity index (χ0) is 15.3. The molecular weight excluding hydrogens is 250 g/mol. The molecule has 0 atom stereocenters. The van der Waals surface area contributed by atoms with Crippen LogP contribution in [-0.2, 0) is 4.79 Å². The number of carbonyl (C=O) groups is 1. The molecule has 0 aromatic heterocycles. The summed E-state index contributed by atoms with van der Waals surface area (Å²) in [6.45, 7) is 7.75. The molecule has 0 aromatic rings. The SMILES string of the molecule is CCC(CC)C(=O)C=C(O)C(CC)(CC)C(C)(F)F. The molecule has 0 unspecified atom stereocenters. The van der Waals surface area contributed by atoms with Crippen molar-refractivity contribution in [2.75, 3.05) is 0 Å². The van der Waals surface area contributed by atoms with Gasteiger partial charge in [-0.05, 0) is 25.7 Å². The van der Waals surface area contributed by atoms with E-state index in [9.17, 15) is 18.7 Å². The smallest absolute Gasteiger partial charge is 0.257 e. The minimum Gasteiger partial charge on any atom is -0.511 e. The number of alkyl halides is 2. The van der Waals surface area contributed by atoms with Crippen molar-refractivity contribution in [2.45, 2.75) is 66.2 Å². The van der Waals surface area contributed by atoms with Crippen LogP contribution in [0, 0.1) is 11.3 Å². The number of hydrogen-bond donors (Lipinski definition) is 1. The molecule has 4 heteroatoms. The standard InChI is InChI=1S/C15H26F2O2/c1-6-11(7-2)12(18)10-13(19)15(8-3,9-4)14(5,16)17/h10-11,19H,6-9H2,1-5H3. The van der Waals surface area contributed by atoms with Gasteiger partial charge in [0, 0.05) is 18.9 Å². The van der Waals surface area contributed by atoms with Crippen molar-refractivity contribution in [3.8, 4) is 0 Å². The van der Waals surface area contributed by atoms with Gasteiger partial charge in [0.05, 0.1) is 5.41 Å². The summed E-state index contributed by atoms with van der Waals surface area (Å²) >= 11 is 0. The maximum Gasteiger partial charge on any atom is 0.257 e. The number of allylic oxidation sites excluding steroid dienone is 2.